The Hall–Kier alpha value is -1.21. The van der Waals surface area contributed by atoms with Gasteiger partial charge >= 0.3 is 19.7 Å². The zero-order chi connectivity index (χ0) is 18.1. The van der Waals surface area contributed by atoms with Crippen LogP contribution in [0.3, 0.4) is 0 Å². The number of allylic oxidation sites excluding steroid dienone is 1. The number of phosphoric ester groups is 1. The van der Waals surface area contributed by atoms with E-state index in [-0.39, 0.29) is 6.54 Å². The number of carbonyl (C=O) groups is 2. The van der Waals surface area contributed by atoms with Crippen molar-refractivity contribution in [3.63, 3.8) is 0 Å². The fourth-order valence-electron chi connectivity index (χ4n) is 1.72. The van der Waals surface area contributed by atoms with Crippen LogP contribution in [0.5, 0.6) is 0 Å². The summed E-state index contributed by atoms with van der Waals surface area (Å²) >= 11 is 0. The molecular formula is C14H26NO7P. The monoisotopic (exact) mass is 351 g/mol. The van der Waals surface area contributed by atoms with Gasteiger partial charge in [0.2, 0.25) is 0 Å². The normalized spacial score (nSPS) is 13.3. The van der Waals surface area contributed by atoms with Crippen molar-refractivity contribution in [2.24, 2.45) is 5.92 Å². The maximum absolute atomic E-state index is 11.7. The molecule has 1 atom stereocenters. The van der Waals surface area contributed by atoms with Gasteiger partial charge in [-0.1, -0.05) is 13.0 Å². The third kappa shape index (κ3) is 11.9. The third-order valence-electron chi connectivity index (χ3n) is 3.04. The predicted octanol–water partition coefficient (Wildman–Crippen LogP) is 1.53. The molecular weight excluding hydrogens is 325 g/mol. The second-order valence-electron chi connectivity index (χ2n) is 5.83. The van der Waals surface area contributed by atoms with E-state index >= 15 is 0 Å². The van der Waals surface area contributed by atoms with Crippen molar-refractivity contribution in [2.45, 2.75) is 45.6 Å². The summed E-state index contributed by atoms with van der Waals surface area (Å²) in [6.07, 6.45) is 4.19. The Balaban J connectivity index is 4.11. The van der Waals surface area contributed by atoms with Crippen LogP contribution in [0, 0.1) is 5.92 Å². The first kappa shape index (κ1) is 21.8. The molecule has 9 heteroatoms. The summed E-state index contributed by atoms with van der Waals surface area (Å²) in [6.45, 7) is 8.55. The zero-order valence-corrected chi connectivity index (χ0v) is 14.7. The summed E-state index contributed by atoms with van der Waals surface area (Å²) < 4.78 is 19.7. The molecule has 0 aromatic carbocycles. The van der Waals surface area contributed by atoms with Gasteiger partial charge < -0.3 is 19.8 Å². The molecule has 134 valence electrons. The van der Waals surface area contributed by atoms with Crippen molar-refractivity contribution in [2.75, 3.05) is 13.2 Å². The number of carbonyl (C=O) groups excluding carboxylic acids is 2. The number of esters is 1. The molecule has 0 aromatic heterocycles. The minimum Gasteiger partial charge on any atom is -0.453 e. The first-order valence-corrected chi connectivity index (χ1v) is 8.83. The Labute approximate surface area is 136 Å². The van der Waals surface area contributed by atoms with Crippen LogP contribution in [0.4, 0.5) is 0 Å². The number of ether oxygens (including phenoxy) is 1. The van der Waals surface area contributed by atoms with Crippen molar-refractivity contribution < 1.29 is 33.2 Å². The number of nitrogens with one attached hydrogen (secondary N) is 1. The Morgan fingerprint density at radius 3 is 2.52 bits per heavy atom. The molecule has 0 saturated carbocycles. The molecule has 0 heterocycles. The van der Waals surface area contributed by atoms with E-state index in [4.69, 9.17) is 14.5 Å². The van der Waals surface area contributed by atoms with Gasteiger partial charge in [0.15, 0.2) is 0 Å². The molecule has 23 heavy (non-hydrogen) atoms. The Morgan fingerprint density at radius 2 is 2.00 bits per heavy atom. The van der Waals surface area contributed by atoms with E-state index in [2.05, 4.69) is 16.4 Å². The van der Waals surface area contributed by atoms with Crippen LogP contribution < -0.4 is 5.32 Å². The van der Waals surface area contributed by atoms with Gasteiger partial charge in [0, 0.05) is 6.54 Å². The quantitative estimate of drug-likeness (QED) is 0.179. The average molecular weight is 351 g/mol. The minimum atomic E-state index is -4.58. The lowest BCUT2D eigenvalue weighted by atomic mass is 9.97. The average Bonchev–Trinajstić information content (AvgIpc) is 2.41. The minimum absolute atomic E-state index is 0.212. The predicted molar refractivity (Wildman–Crippen MR) is 84.4 cm³/mol. The van der Waals surface area contributed by atoms with Gasteiger partial charge in [-0.05, 0) is 39.0 Å². The van der Waals surface area contributed by atoms with Gasteiger partial charge in [-0.3, -0.25) is 9.32 Å². The van der Waals surface area contributed by atoms with Crippen LogP contribution in [0.25, 0.3) is 0 Å². The van der Waals surface area contributed by atoms with Crippen LogP contribution in [0.1, 0.15) is 40.0 Å². The summed E-state index contributed by atoms with van der Waals surface area (Å²) in [5, 5.41) is 2.17. The highest BCUT2D eigenvalue weighted by atomic mass is 31.2. The van der Waals surface area contributed by atoms with Crippen LogP contribution in [-0.4, -0.2) is 40.4 Å². The van der Waals surface area contributed by atoms with Crippen molar-refractivity contribution in [1.82, 2.24) is 5.32 Å². The SMILES string of the molecule is C=CC(C)CCCC(C)(C)OC(=O)C(=O)NCCOP(=O)(O)O. The largest absolute Gasteiger partial charge is 0.469 e. The van der Waals surface area contributed by atoms with Gasteiger partial charge in [-0.15, -0.1) is 6.58 Å². The molecule has 0 bridgehead atoms. The van der Waals surface area contributed by atoms with Gasteiger partial charge in [-0.2, -0.15) is 0 Å². The van der Waals surface area contributed by atoms with E-state index in [9.17, 15) is 14.2 Å². The molecule has 0 aliphatic carbocycles. The fraction of sp³-hybridized carbons (Fsp3) is 0.714. The van der Waals surface area contributed by atoms with Crippen LogP contribution in [0.2, 0.25) is 0 Å². The van der Waals surface area contributed by atoms with Crippen LogP contribution in [-0.2, 0) is 23.4 Å². The van der Waals surface area contributed by atoms with E-state index in [1.54, 1.807) is 13.8 Å². The first-order valence-electron chi connectivity index (χ1n) is 7.30. The summed E-state index contributed by atoms with van der Waals surface area (Å²) in [6, 6.07) is 0. The highest BCUT2D eigenvalue weighted by Crippen LogP contribution is 2.35. The lowest BCUT2D eigenvalue weighted by Crippen LogP contribution is -2.39. The van der Waals surface area contributed by atoms with Crippen molar-refractivity contribution in [1.29, 1.82) is 0 Å². The maximum Gasteiger partial charge on any atom is 0.469 e. The van der Waals surface area contributed by atoms with E-state index in [0.717, 1.165) is 12.8 Å². The van der Waals surface area contributed by atoms with Crippen LogP contribution in [0.15, 0.2) is 12.7 Å². The second-order valence-corrected chi connectivity index (χ2v) is 7.07. The van der Waals surface area contributed by atoms with Crippen molar-refractivity contribution in [3.8, 4) is 0 Å². The Bertz CT molecular complexity index is 458. The van der Waals surface area contributed by atoms with E-state index < -0.39 is 31.9 Å². The third-order valence-corrected chi connectivity index (χ3v) is 3.56. The topological polar surface area (TPSA) is 122 Å². The van der Waals surface area contributed by atoms with Gasteiger partial charge in [0.05, 0.1) is 6.61 Å². The number of rotatable bonds is 10. The lowest BCUT2D eigenvalue weighted by Gasteiger charge is -2.25. The molecule has 0 spiro atoms. The van der Waals surface area contributed by atoms with Crippen molar-refractivity contribution in [3.05, 3.63) is 12.7 Å². The standard InChI is InChI=1S/C14H26NO7P/c1-5-11(2)7-6-8-14(3,4)22-13(17)12(16)15-9-10-21-23(18,19)20/h5,11H,1,6-10H2,2-4H3,(H,15,16)(H2,18,19,20). The van der Waals surface area contributed by atoms with Gasteiger partial charge in [-0.25, -0.2) is 9.36 Å². The first-order chi connectivity index (χ1) is 10.5. The van der Waals surface area contributed by atoms with E-state index in [1.165, 1.54) is 0 Å². The van der Waals surface area contributed by atoms with Gasteiger partial charge in [0.25, 0.3) is 0 Å². The highest BCUT2D eigenvalue weighted by molar-refractivity contribution is 7.46. The highest BCUT2D eigenvalue weighted by Gasteiger charge is 2.26. The lowest BCUT2D eigenvalue weighted by molar-refractivity contribution is -0.165. The van der Waals surface area contributed by atoms with E-state index in [0.29, 0.717) is 12.3 Å². The maximum atomic E-state index is 11.7. The second kappa shape index (κ2) is 9.82. The number of amides is 1. The molecule has 3 N–H and O–H groups in total. The summed E-state index contributed by atoms with van der Waals surface area (Å²) in [5.74, 6) is -1.64. The molecule has 8 nitrogen and oxygen atoms in total. The summed E-state index contributed by atoms with van der Waals surface area (Å²) in [4.78, 5) is 40.1. The molecule has 1 unspecified atom stereocenters. The molecule has 0 radical (unpaired) electrons. The number of hydrogen-bond acceptors (Lipinski definition) is 5. The van der Waals surface area contributed by atoms with Crippen molar-refractivity contribution >= 4 is 19.7 Å². The molecule has 0 fully saturated rings. The molecule has 0 rings (SSSR count). The summed E-state index contributed by atoms with van der Waals surface area (Å²) in [7, 11) is -4.58. The van der Waals surface area contributed by atoms with Crippen LogP contribution >= 0.6 is 7.82 Å². The summed E-state index contributed by atoms with van der Waals surface area (Å²) in [5.41, 5.74) is -0.780. The molecule has 0 aromatic rings. The zero-order valence-electron chi connectivity index (χ0n) is 13.8. The number of phosphoric acid groups is 1. The fourth-order valence-corrected chi connectivity index (χ4v) is 2.05. The molecule has 0 aliphatic rings. The molecule has 0 aliphatic heterocycles. The molecule has 1 amide bonds. The Kier molecular flexibility index (Phi) is 9.31. The Morgan fingerprint density at radius 1 is 1.39 bits per heavy atom. The smallest absolute Gasteiger partial charge is 0.453 e. The van der Waals surface area contributed by atoms with Gasteiger partial charge in [0.1, 0.15) is 5.60 Å². The molecule has 0 saturated heterocycles. The van der Waals surface area contributed by atoms with E-state index in [1.807, 2.05) is 13.0 Å². The number of hydrogen-bond donors (Lipinski definition) is 3.